The summed E-state index contributed by atoms with van der Waals surface area (Å²) < 4.78 is 0. The zero-order chi connectivity index (χ0) is 12.7. The molecule has 1 aliphatic carbocycles. The second-order valence-corrected chi connectivity index (χ2v) is 6.29. The summed E-state index contributed by atoms with van der Waals surface area (Å²) in [6.07, 6.45) is 3.11. The van der Waals surface area contributed by atoms with E-state index in [0.717, 1.165) is 24.3 Å². The molecule has 3 heteroatoms. The van der Waals surface area contributed by atoms with Gasteiger partial charge in [0.25, 0.3) is 0 Å². The molecule has 1 aromatic carbocycles. The Morgan fingerprint density at radius 1 is 1.33 bits per heavy atom. The predicted octanol–water partition coefficient (Wildman–Crippen LogP) is 3.24. The predicted molar refractivity (Wildman–Crippen MR) is 77.0 cm³/mol. The van der Waals surface area contributed by atoms with Crippen LogP contribution in [-0.2, 0) is 12.8 Å². The van der Waals surface area contributed by atoms with Gasteiger partial charge in [-0.05, 0) is 44.7 Å². The molecule has 94 valence electrons. The Hall–Kier alpha value is -1.19. The van der Waals surface area contributed by atoms with Crippen LogP contribution in [0, 0.1) is 13.8 Å². The number of rotatable bonds is 1. The molecule has 3 rings (SSSR count). The minimum absolute atomic E-state index is 0.324. The molecule has 1 atom stereocenters. The van der Waals surface area contributed by atoms with Gasteiger partial charge in [0.1, 0.15) is 5.01 Å². The van der Waals surface area contributed by atoms with E-state index in [2.05, 4.69) is 32.0 Å². The number of hydrogen-bond donors (Lipinski definition) is 1. The van der Waals surface area contributed by atoms with Crippen LogP contribution in [0.3, 0.4) is 0 Å². The number of nitrogens with two attached hydrogens (primary N) is 1. The first-order chi connectivity index (χ1) is 8.63. The van der Waals surface area contributed by atoms with Crippen LogP contribution in [-0.4, -0.2) is 11.0 Å². The molecule has 1 aliphatic rings. The molecule has 0 fully saturated rings. The van der Waals surface area contributed by atoms with E-state index in [-0.39, 0.29) is 0 Å². The van der Waals surface area contributed by atoms with E-state index in [0.29, 0.717) is 6.04 Å². The molecular formula is C15H18N2S. The van der Waals surface area contributed by atoms with Gasteiger partial charge in [0.2, 0.25) is 0 Å². The maximum absolute atomic E-state index is 6.03. The Labute approximate surface area is 112 Å². The number of benzene rings is 1. The molecule has 2 nitrogen and oxygen atoms in total. The molecule has 0 spiro atoms. The fourth-order valence-corrected chi connectivity index (χ4v) is 3.76. The molecule has 2 aromatic rings. The quantitative estimate of drug-likeness (QED) is 0.853. The molecule has 1 heterocycles. The van der Waals surface area contributed by atoms with Crippen LogP contribution in [0.5, 0.6) is 0 Å². The molecule has 1 aromatic heterocycles. The highest BCUT2D eigenvalue weighted by Gasteiger charge is 2.20. The van der Waals surface area contributed by atoms with Gasteiger partial charge in [-0.15, -0.1) is 11.3 Å². The van der Waals surface area contributed by atoms with Gasteiger partial charge in [-0.1, -0.05) is 17.7 Å². The third-order valence-corrected chi connectivity index (χ3v) is 4.75. The third kappa shape index (κ3) is 2.08. The first kappa shape index (κ1) is 11.9. The number of nitrogens with zero attached hydrogens (tertiary/aromatic N) is 1. The highest BCUT2D eigenvalue weighted by Crippen LogP contribution is 2.34. The molecule has 0 radical (unpaired) electrons. The molecule has 2 N–H and O–H groups in total. The average molecular weight is 258 g/mol. The number of fused-ring (bicyclic) bond motifs is 1. The molecule has 1 unspecified atom stereocenters. The Morgan fingerprint density at radius 2 is 2.17 bits per heavy atom. The Morgan fingerprint density at radius 3 is 3.00 bits per heavy atom. The number of aryl methyl sites for hydroxylation is 3. The van der Waals surface area contributed by atoms with Gasteiger partial charge < -0.3 is 5.73 Å². The summed E-state index contributed by atoms with van der Waals surface area (Å²) in [7, 11) is 0. The van der Waals surface area contributed by atoms with Crippen molar-refractivity contribution in [2.24, 2.45) is 5.73 Å². The normalized spacial score (nSPS) is 18.7. The van der Waals surface area contributed by atoms with Gasteiger partial charge in [-0.2, -0.15) is 0 Å². The van der Waals surface area contributed by atoms with Crippen LogP contribution in [0.1, 0.15) is 28.1 Å². The first-order valence-corrected chi connectivity index (χ1v) is 7.27. The van der Waals surface area contributed by atoms with Gasteiger partial charge >= 0.3 is 0 Å². The van der Waals surface area contributed by atoms with Gasteiger partial charge in [-0.25, -0.2) is 4.98 Å². The number of hydrogen-bond acceptors (Lipinski definition) is 3. The van der Waals surface area contributed by atoms with E-state index in [9.17, 15) is 0 Å². The van der Waals surface area contributed by atoms with Crippen molar-refractivity contribution < 1.29 is 0 Å². The first-order valence-electron chi connectivity index (χ1n) is 6.45. The zero-order valence-electron chi connectivity index (χ0n) is 10.9. The van der Waals surface area contributed by atoms with Crippen molar-refractivity contribution in [2.45, 2.75) is 39.2 Å². The van der Waals surface area contributed by atoms with Crippen molar-refractivity contribution in [1.29, 1.82) is 0 Å². The van der Waals surface area contributed by atoms with E-state index < -0.39 is 0 Å². The third-order valence-electron chi connectivity index (χ3n) is 3.60. The second kappa shape index (κ2) is 4.48. The fourth-order valence-electron chi connectivity index (χ4n) is 2.48. The van der Waals surface area contributed by atoms with Crippen molar-refractivity contribution in [2.75, 3.05) is 0 Å². The maximum atomic E-state index is 6.03. The molecular weight excluding hydrogens is 240 g/mol. The van der Waals surface area contributed by atoms with Gasteiger partial charge in [-0.3, -0.25) is 0 Å². The summed E-state index contributed by atoms with van der Waals surface area (Å²) in [4.78, 5) is 6.21. The van der Waals surface area contributed by atoms with E-state index in [1.54, 1.807) is 0 Å². The zero-order valence-corrected chi connectivity index (χ0v) is 11.7. The minimum Gasteiger partial charge on any atom is -0.327 e. The second-order valence-electron chi connectivity index (χ2n) is 5.21. The lowest BCUT2D eigenvalue weighted by molar-refractivity contribution is 0.576. The summed E-state index contributed by atoms with van der Waals surface area (Å²) in [6.45, 7) is 4.28. The van der Waals surface area contributed by atoms with E-state index in [1.807, 2.05) is 11.3 Å². The van der Waals surface area contributed by atoms with Gasteiger partial charge in [0.15, 0.2) is 0 Å². The molecule has 0 amide bonds. The van der Waals surface area contributed by atoms with Gasteiger partial charge in [0.05, 0.1) is 5.69 Å². The van der Waals surface area contributed by atoms with Crippen LogP contribution < -0.4 is 5.73 Å². The average Bonchev–Trinajstić information content (AvgIpc) is 2.74. The summed E-state index contributed by atoms with van der Waals surface area (Å²) in [5.41, 5.74) is 11.2. The standard InChI is InChI=1S/C15H18N2S/c1-9-3-4-10(2)12(7-9)15-17-13-6-5-11(16)8-14(13)18-15/h3-4,7,11H,5-6,8,16H2,1-2H3. The lowest BCUT2D eigenvalue weighted by Gasteiger charge is -2.15. The SMILES string of the molecule is Cc1ccc(C)c(-c2nc3c(s2)CC(N)CC3)c1. The van der Waals surface area contributed by atoms with E-state index >= 15 is 0 Å². The lowest BCUT2D eigenvalue weighted by Crippen LogP contribution is -2.26. The van der Waals surface area contributed by atoms with Crippen molar-refractivity contribution in [3.8, 4) is 10.6 Å². The topological polar surface area (TPSA) is 38.9 Å². The Kier molecular flexibility index (Phi) is 2.96. The van der Waals surface area contributed by atoms with E-state index in [1.165, 1.54) is 27.3 Å². The fraction of sp³-hybridized carbons (Fsp3) is 0.400. The van der Waals surface area contributed by atoms with Crippen molar-refractivity contribution in [1.82, 2.24) is 4.98 Å². The molecule has 0 saturated carbocycles. The van der Waals surface area contributed by atoms with Crippen LogP contribution in [0.25, 0.3) is 10.6 Å². The van der Waals surface area contributed by atoms with E-state index in [4.69, 9.17) is 10.7 Å². The summed E-state index contributed by atoms with van der Waals surface area (Å²) >= 11 is 1.82. The lowest BCUT2D eigenvalue weighted by atomic mass is 9.99. The summed E-state index contributed by atoms with van der Waals surface area (Å²) in [5.74, 6) is 0. The smallest absolute Gasteiger partial charge is 0.124 e. The molecule has 0 bridgehead atoms. The highest BCUT2D eigenvalue weighted by molar-refractivity contribution is 7.15. The monoisotopic (exact) mass is 258 g/mol. The number of thiazole rings is 1. The Bertz CT molecular complexity index is 586. The van der Waals surface area contributed by atoms with Crippen LogP contribution in [0.4, 0.5) is 0 Å². The largest absolute Gasteiger partial charge is 0.327 e. The molecule has 0 aliphatic heterocycles. The summed E-state index contributed by atoms with van der Waals surface area (Å²) in [5, 5.41) is 1.16. The highest BCUT2D eigenvalue weighted by atomic mass is 32.1. The van der Waals surface area contributed by atoms with Crippen LogP contribution in [0.2, 0.25) is 0 Å². The maximum Gasteiger partial charge on any atom is 0.124 e. The Balaban J connectivity index is 2.05. The van der Waals surface area contributed by atoms with Crippen LogP contribution >= 0.6 is 11.3 Å². The van der Waals surface area contributed by atoms with Crippen molar-refractivity contribution in [3.63, 3.8) is 0 Å². The summed E-state index contributed by atoms with van der Waals surface area (Å²) in [6, 6.07) is 6.89. The minimum atomic E-state index is 0.324. The molecule has 18 heavy (non-hydrogen) atoms. The molecule has 0 saturated heterocycles. The van der Waals surface area contributed by atoms with Crippen LogP contribution in [0.15, 0.2) is 18.2 Å². The van der Waals surface area contributed by atoms with Gasteiger partial charge in [0, 0.05) is 16.5 Å². The van der Waals surface area contributed by atoms with Crippen molar-refractivity contribution >= 4 is 11.3 Å². The number of aromatic nitrogens is 1. The van der Waals surface area contributed by atoms with Crippen molar-refractivity contribution in [3.05, 3.63) is 39.9 Å².